The summed E-state index contributed by atoms with van der Waals surface area (Å²) in [4.78, 5) is 12.1. The molecule has 19 heavy (non-hydrogen) atoms. The molecule has 6 nitrogen and oxygen atoms in total. The average molecular weight is 261 g/mol. The van der Waals surface area contributed by atoms with Gasteiger partial charge in [0.15, 0.2) is 17.3 Å². The summed E-state index contributed by atoms with van der Waals surface area (Å²) in [5.41, 5.74) is 1.88. The van der Waals surface area contributed by atoms with Crippen molar-refractivity contribution in [2.75, 3.05) is 12.4 Å². The molecule has 0 saturated heterocycles. The first kappa shape index (κ1) is 12.9. The number of ether oxygens (including phenoxy) is 1. The smallest absolute Gasteiger partial charge is 0.260 e. The maximum absolute atomic E-state index is 12.1. The van der Waals surface area contributed by atoms with Gasteiger partial charge < -0.3 is 15.2 Å². The van der Waals surface area contributed by atoms with Crippen LogP contribution in [0.1, 0.15) is 21.6 Å². The molecule has 3 N–H and O–H groups in total. The number of benzene rings is 1. The molecule has 0 bridgehead atoms. The number of methoxy groups -OCH3 is 1. The quantitative estimate of drug-likeness (QED) is 0.788. The second kappa shape index (κ2) is 5.01. The largest absolute Gasteiger partial charge is 0.504 e. The maximum atomic E-state index is 12.1. The van der Waals surface area contributed by atoms with Crippen LogP contribution in [0.15, 0.2) is 18.2 Å². The number of aromatic amines is 1. The third kappa shape index (κ3) is 2.37. The predicted molar refractivity (Wildman–Crippen MR) is 70.7 cm³/mol. The highest BCUT2D eigenvalue weighted by Gasteiger charge is 2.17. The standard InChI is InChI=1S/C13H15N3O3/c1-7-8(2)15-16-12(7)14-13(18)9-5-4-6-10(19-3)11(9)17/h4-6,17H,1-3H3,(H2,14,15,16,18). The summed E-state index contributed by atoms with van der Waals surface area (Å²) in [5, 5.41) is 19.3. The normalized spacial score (nSPS) is 10.3. The van der Waals surface area contributed by atoms with Gasteiger partial charge in [0.2, 0.25) is 0 Å². The fourth-order valence-corrected chi connectivity index (χ4v) is 1.65. The van der Waals surface area contributed by atoms with Gasteiger partial charge in [-0.15, -0.1) is 0 Å². The number of aromatic nitrogens is 2. The number of aromatic hydroxyl groups is 1. The minimum absolute atomic E-state index is 0.138. The molecule has 0 atom stereocenters. The van der Waals surface area contributed by atoms with E-state index < -0.39 is 5.91 Å². The van der Waals surface area contributed by atoms with Crippen molar-refractivity contribution in [1.82, 2.24) is 10.2 Å². The molecule has 0 spiro atoms. The second-order valence-electron chi connectivity index (χ2n) is 4.13. The Bertz CT molecular complexity index is 620. The molecular formula is C13H15N3O3. The van der Waals surface area contributed by atoms with Crippen LogP contribution in [-0.2, 0) is 0 Å². The lowest BCUT2D eigenvalue weighted by Crippen LogP contribution is -2.13. The van der Waals surface area contributed by atoms with E-state index in [4.69, 9.17) is 4.74 Å². The number of hydrogen-bond donors (Lipinski definition) is 3. The molecule has 0 aliphatic heterocycles. The molecule has 0 aliphatic carbocycles. The van der Waals surface area contributed by atoms with Gasteiger partial charge in [0.1, 0.15) is 0 Å². The highest BCUT2D eigenvalue weighted by atomic mass is 16.5. The fraction of sp³-hybridized carbons (Fsp3) is 0.231. The summed E-state index contributed by atoms with van der Waals surface area (Å²) in [6, 6.07) is 4.73. The van der Waals surface area contributed by atoms with Crippen molar-refractivity contribution >= 4 is 11.7 Å². The number of nitrogens with zero attached hydrogens (tertiary/aromatic N) is 1. The third-order valence-corrected chi connectivity index (χ3v) is 2.95. The SMILES string of the molecule is COc1cccc(C(=O)Nc2n[nH]c(C)c2C)c1O. The highest BCUT2D eigenvalue weighted by Crippen LogP contribution is 2.30. The maximum Gasteiger partial charge on any atom is 0.260 e. The number of carbonyl (C=O) groups excluding carboxylic acids is 1. The lowest BCUT2D eigenvalue weighted by molar-refractivity contribution is 0.102. The van der Waals surface area contributed by atoms with Crippen LogP contribution in [0.4, 0.5) is 5.82 Å². The molecule has 1 aromatic carbocycles. The van der Waals surface area contributed by atoms with Gasteiger partial charge in [0, 0.05) is 11.3 Å². The van der Waals surface area contributed by atoms with E-state index in [1.165, 1.54) is 13.2 Å². The molecule has 0 aliphatic rings. The molecular weight excluding hydrogens is 246 g/mol. The molecule has 1 aromatic heterocycles. The van der Waals surface area contributed by atoms with E-state index in [9.17, 15) is 9.90 Å². The third-order valence-electron chi connectivity index (χ3n) is 2.95. The van der Waals surface area contributed by atoms with Crippen LogP contribution in [0.5, 0.6) is 11.5 Å². The van der Waals surface area contributed by atoms with E-state index in [-0.39, 0.29) is 17.1 Å². The number of para-hydroxylation sites is 1. The number of phenolic OH excluding ortho intramolecular Hbond substituents is 1. The van der Waals surface area contributed by atoms with Crippen LogP contribution in [0.25, 0.3) is 0 Å². The predicted octanol–water partition coefficient (Wildman–Crippen LogP) is 1.99. The molecule has 0 fully saturated rings. The van der Waals surface area contributed by atoms with Gasteiger partial charge >= 0.3 is 0 Å². The van der Waals surface area contributed by atoms with Crippen molar-refractivity contribution < 1.29 is 14.6 Å². The zero-order valence-electron chi connectivity index (χ0n) is 10.9. The van der Waals surface area contributed by atoms with E-state index in [2.05, 4.69) is 15.5 Å². The first-order valence-corrected chi connectivity index (χ1v) is 5.73. The van der Waals surface area contributed by atoms with Crippen LogP contribution >= 0.6 is 0 Å². The van der Waals surface area contributed by atoms with Crippen molar-refractivity contribution in [1.29, 1.82) is 0 Å². The Labute approximate surface area is 110 Å². The monoisotopic (exact) mass is 261 g/mol. The van der Waals surface area contributed by atoms with E-state index in [0.29, 0.717) is 5.82 Å². The zero-order chi connectivity index (χ0) is 14.0. The van der Waals surface area contributed by atoms with Crippen LogP contribution in [0, 0.1) is 13.8 Å². The van der Waals surface area contributed by atoms with E-state index in [1.54, 1.807) is 12.1 Å². The highest BCUT2D eigenvalue weighted by molar-refractivity contribution is 6.06. The summed E-state index contributed by atoms with van der Waals surface area (Å²) in [5.74, 6) is 0.0747. The number of aryl methyl sites for hydroxylation is 1. The van der Waals surface area contributed by atoms with Gasteiger partial charge in [-0.2, -0.15) is 5.10 Å². The Hall–Kier alpha value is -2.50. The molecule has 0 radical (unpaired) electrons. The molecule has 1 amide bonds. The van der Waals surface area contributed by atoms with E-state index >= 15 is 0 Å². The van der Waals surface area contributed by atoms with Gasteiger partial charge in [-0.05, 0) is 26.0 Å². The number of anilines is 1. The zero-order valence-corrected chi connectivity index (χ0v) is 10.9. The summed E-state index contributed by atoms with van der Waals surface area (Å²) in [6.07, 6.45) is 0. The van der Waals surface area contributed by atoms with Gasteiger partial charge in [-0.3, -0.25) is 9.89 Å². The first-order valence-electron chi connectivity index (χ1n) is 5.73. The molecule has 2 aromatic rings. The minimum atomic E-state index is -0.439. The Kier molecular flexibility index (Phi) is 3.41. The van der Waals surface area contributed by atoms with Crippen molar-refractivity contribution in [2.24, 2.45) is 0 Å². The van der Waals surface area contributed by atoms with E-state index in [0.717, 1.165) is 11.3 Å². The Balaban J connectivity index is 2.28. The molecule has 0 unspecified atom stereocenters. The number of carbonyl (C=O) groups is 1. The lowest BCUT2D eigenvalue weighted by atomic mass is 10.1. The van der Waals surface area contributed by atoms with Crippen LogP contribution < -0.4 is 10.1 Å². The number of H-pyrrole nitrogens is 1. The van der Waals surface area contributed by atoms with Gasteiger partial charge in [-0.1, -0.05) is 6.07 Å². The van der Waals surface area contributed by atoms with Crippen LogP contribution in [-0.4, -0.2) is 28.3 Å². The lowest BCUT2D eigenvalue weighted by Gasteiger charge is -2.08. The molecule has 100 valence electrons. The number of hydrogen-bond acceptors (Lipinski definition) is 4. The Morgan fingerprint density at radius 3 is 2.74 bits per heavy atom. The van der Waals surface area contributed by atoms with Crippen LogP contribution in [0.3, 0.4) is 0 Å². The molecule has 0 saturated carbocycles. The average Bonchev–Trinajstić information content (AvgIpc) is 2.71. The number of amides is 1. The van der Waals surface area contributed by atoms with Gasteiger partial charge in [0.05, 0.1) is 12.7 Å². The minimum Gasteiger partial charge on any atom is -0.504 e. The van der Waals surface area contributed by atoms with Gasteiger partial charge in [-0.25, -0.2) is 0 Å². The van der Waals surface area contributed by atoms with Gasteiger partial charge in [0.25, 0.3) is 5.91 Å². The molecule has 6 heteroatoms. The number of phenols is 1. The van der Waals surface area contributed by atoms with E-state index in [1.807, 2.05) is 13.8 Å². The first-order chi connectivity index (χ1) is 9.04. The number of rotatable bonds is 3. The summed E-state index contributed by atoms with van der Waals surface area (Å²) in [7, 11) is 1.43. The van der Waals surface area contributed by atoms with Crippen molar-refractivity contribution in [3.63, 3.8) is 0 Å². The summed E-state index contributed by atoms with van der Waals surface area (Å²) in [6.45, 7) is 3.71. The molecule has 2 rings (SSSR count). The Morgan fingerprint density at radius 2 is 2.16 bits per heavy atom. The summed E-state index contributed by atoms with van der Waals surface area (Å²) >= 11 is 0. The number of nitrogens with one attached hydrogen (secondary N) is 2. The van der Waals surface area contributed by atoms with Crippen molar-refractivity contribution in [2.45, 2.75) is 13.8 Å². The fourth-order valence-electron chi connectivity index (χ4n) is 1.65. The van der Waals surface area contributed by atoms with Crippen LogP contribution in [0.2, 0.25) is 0 Å². The molecule has 1 heterocycles. The Morgan fingerprint density at radius 1 is 1.42 bits per heavy atom. The topological polar surface area (TPSA) is 87.2 Å². The van der Waals surface area contributed by atoms with Crippen molar-refractivity contribution in [3.8, 4) is 11.5 Å². The summed E-state index contributed by atoms with van der Waals surface area (Å²) < 4.78 is 4.96. The second-order valence-corrected chi connectivity index (χ2v) is 4.13. The van der Waals surface area contributed by atoms with Crippen molar-refractivity contribution in [3.05, 3.63) is 35.0 Å².